The molecule has 3 aromatic carbocycles. The molecule has 0 spiro atoms. The summed E-state index contributed by atoms with van der Waals surface area (Å²) in [5.74, 6) is 0. The van der Waals surface area contributed by atoms with E-state index < -0.39 is 0 Å². The Kier molecular flexibility index (Phi) is 5.23. The van der Waals surface area contributed by atoms with Crippen molar-refractivity contribution in [2.24, 2.45) is 0 Å². The van der Waals surface area contributed by atoms with Crippen LogP contribution in [-0.2, 0) is 13.1 Å². The number of hydrogen-bond acceptors (Lipinski definition) is 0. The Bertz CT molecular complexity index is 730. The Hall–Kier alpha value is -1.83. The van der Waals surface area contributed by atoms with Crippen LogP contribution >= 0.6 is 0 Å². The molecule has 0 aliphatic carbocycles. The summed E-state index contributed by atoms with van der Waals surface area (Å²) in [5.41, 5.74) is 2.82. The second-order valence-electron chi connectivity index (χ2n) is 6.38. The van der Waals surface area contributed by atoms with Crippen molar-refractivity contribution in [1.29, 1.82) is 0 Å². The highest BCUT2D eigenvalue weighted by molar-refractivity contribution is 5.85. The van der Waals surface area contributed by atoms with Crippen molar-refractivity contribution < 1.29 is 16.9 Å². The number of quaternary nitrogens is 1. The molecule has 0 amide bonds. The van der Waals surface area contributed by atoms with Crippen LogP contribution in [0.1, 0.15) is 11.1 Å². The molecule has 0 radical (unpaired) electrons. The van der Waals surface area contributed by atoms with Gasteiger partial charge in [-0.3, -0.25) is 0 Å². The van der Waals surface area contributed by atoms with Gasteiger partial charge < -0.3 is 16.9 Å². The number of nitrogens with zero attached hydrogens (tertiary/aromatic N) is 1. The van der Waals surface area contributed by atoms with Gasteiger partial charge in [0.1, 0.15) is 13.1 Å². The van der Waals surface area contributed by atoms with Crippen molar-refractivity contribution in [2.45, 2.75) is 13.1 Å². The second-order valence-corrected chi connectivity index (χ2v) is 6.38. The first-order chi connectivity index (χ1) is 10.1. The van der Waals surface area contributed by atoms with Crippen LogP contribution in [0.5, 0.6) is 0 Å². The first kappa shape index (κ1) is 16.5. The van der Waals surface area contributed by atoms with Crippen molar-refractivity contribution in [3.63, 3.8) is 0 Å². The van der Waals surface area contributed by atoms with E-state index >= 15 is 0 Å². The van der Waals surface area contributed by atoms with Crippen LogP contribution in [0, 0.1) is 0 Å². The molecule has 0 aliphatic rings. The van der Waals surface area contributed by atoms with Gasteiger partial charge in [0.2, 0.25) is 0 Å². The maximum atomic E-state index is 2.30. The van der Waals surface area contributed by atoms with Crippen LogP contribution in [0.25, 0.3) is 10.8 Å². The predicted octanol–water partition coefficient (Wildman–Crippen LogP) is 1.62. The maximum absolute atomic E-state index is 2.30. The van der Waals surface area contributed by atoms with E-state index in [9.17, 15) is 0 Å². The first-order valence-electron chi connectivity index (χ1n) is 7.47. The Morgan fingerprint density at radius 3 is 2.09 bits per heavy atom. The third-order valence-electron chi connectivity index (χ3n) is 3.93. The van der Waals surface area contributed by atoms with Gasteiger partial charge in [-0.25, -0.2) is 0 Å². The minimum absolute atomic E-state index is 0. The lowest BCUT2D eigenvalue weighted by atomic mass is 10.0. The van der Waals surface area contributed by atoms with Gasteiger partial charge in [0.15, 0.2) is 0 Å². The normalized spacial score (nSPS) is 11.2. The van der Waals surface area contributed by atoms with Gasteiger partial charge in [0, 0.05) is 11.1 Å². The second kappa shape index (κ2) is 6.95. The number of rotatable bonds is 4. The van der Waals surface area contributed by atoms with Crippen LogP contribution < -0.4 is 12.4 Å². The molecule has 0 saturated heterocycles. The fraction of sp³-hybridized carbons (Fsp3) is 0.200. The highest BCUT2D eigenvalue weighted by Crippen LogP contribution is 2.22. The fourth-order valence-corrected chi connectivity index (χ4v) is 3.03. The molecule has 0 N–H and O–H groups in total. The van der Waals surface area contributed by atoms with Gasteiger partial charge in [0.05, 0.1) is 14.1 Å². The molecular weight excluding hydrogens is 290 g/mol. The Morgan fingerprint density at radius 2 is 1.32 bits per heavy atom. The molecular formula is C20H22ClN. The summed E-state index contributed by atoms with van der Waals surface area (Å²) >= 11 is 0. The van der Waals surface area contributed by atoms with E-state index in [1.165, 1.54) is 21.9 Å². The molecule has 114 valence electrons. The third-order valence-corrected chi connectivity index (χ3v) is 3.93. The smallest absolute Gasteiger partial charge is 0.105 e. The predicted molar refractivity (Wildman–Crippen MR) is 89.9 cm³/mol. The number of hydrogen-bond donors (Lipinski definition) is 0. The summed E-state index contributed by atoms with van der Waals surface area (Å²) in [6.07, 6.45) is 0. The van der Waals surface area contributed by atoms with E-state index in [-0.39, 0.29) is 12.4 Å². The van der Waals surface area contributed by atoms with Crippen LogP contribution in [-0.4, -0.2) is 18.6 Å². The summed E-state index contributed by atoms with van der Waals surface area (Å²) in [6.45, 7) is 2.08. The minimum atomic E-state index is 0. The zero-order valence-corrected chi connectivity index (χ0v) is 13.9. The molecule has 0 atom stereocenters. The average molecular weight is 312 g/mol. The van der Waals surface area contributed by atoms with Crippen molar-refractivity contribution in [3.05, 3.63) is 83.9 Å². The van der Waals surface area contributed by atoms with Gasteiger partial charge in [0.25, 0.3) is 0 Å². The quantitative estimate of drug-likeness (QED) is 0.642. The summed E-state index contributed by atoms with van der Waals surface area (Å²) in [6, 6.07) is 26.0. The molecule has 2 heteroatoms. The lowest BCUT2D eigenvalue weighted by Crippen LogP contribution is -3.00. The Morgan fingerprint density at radius 1 is 0.682 bits per heavy atom. The van der Waals surface area contributed by atoms with E-state index in [2.05, 4.69) is 86.9 Å². The molecule has 0 aliphatic heterocycles. The summed E-state index contributed by atoms with van der Waals surface area (Å²) in [7, 11) is 4.60. The van der Waals surface area contributed by atoms with Crippen LogP contribution in [0.4, 0.5) is 0 Å². The van der Waals surface area contributed by atoms with Crippen molar-refractivity contribution in [2.75, 3.05) is 14.1 Å². The summed E-state index contributed by atoms with van der Waals surface area (Å²) in [4.78, 5) is 0. The average Bonchev–Trinajstić information content (AvgIpc) is 2.48. The summed E-state index contributed by atoms with van der Waals surface area (Å²) in [5, 5.41) is 2.70. The molecule has 3 rings (SSSR count). The topological polar surface area (TPSA) is 0 Å². The van der Waals surface area contributed by atoms with E-state index in [4.69, 9.17) is 0 Å². The van der Waals surface area contributed by atoms with Crippen LogP contribution in [0.3, 0.4) is 0 Å². The zero-order valence-electron chi connectivity index (χ0n) is 13.2. The third kappa shape index (κ3) is 3.88. The van der Waals surface area contributed by atoms with Crippen molar-refractivity contribution in [3.8, 4) is 0 Å². The minimum Gasteiger partial charge on any atom is -1.00 e. The number of benzene rings is 3. The van der Waals surface area contributed by atoms with Crippen LogP contribution in [0.15, 0.2) is 72.8 Å². The van der Waals surface area contributed by atoms with E-state index in [1.807, 2.05) is 0 Å². The number of halogens is 1. The van der Waals surface area contributed by atoms with Crippen molar-refractivity contribution in [1.82, 2.24) is 0 Å². The Balaban J connectivity index is 0.00000176. The Labute approximate surface area is 139 Å². The molecule has 22 heavy (non-hydrogen) atoms. The molecule has 1 nitrogen and oxygen atoms in total. The molecule has 0 saturated carbocycles. The number of fused-ring (bicyclic) bond motifs is 1. The van der Waals surface area contributed by atoms with Gasteiger partial charge in [-0.05, 0) is 10.8 Å². The lowest BCUT2D eigenvalue weighted by Gasteiger charge is -2.30. The monoisotopic (exact) mass is 311 g/mol. The molecule has 0 aromatic heterocycles. The SMILES string of the molecule is C[N+](C)(Cc1ccccc1)Cc1cccc2ccccc12.[Cl-]. The van der Waals surface area contributed by atoms with Gasteiger partial charge in [-0.1, -0.05) is 72.8 Å². The molecule has 0 bridgehead atoms. The van der Waals surface area contributed by atoms with Crippen molar-refractivity contribution >= 4 is 10.8 Å². The maximum Gasteiger partial charge on any atom is 0.105 e. The summed E-state index contributed by atoms with van der Waals surface area (Å²) < 4.78 is 0.956. The fourth-order valence-electron chi connectivity index (χ4n) is 3.03. The largest absolute Gasteiger partial charge is 1.00 e. The molecule has 0 unspecified atom stereocenters. The molecule has 0 fully saturated rings. The first-order valence-corrected chi connectivity index (χ1v) is 7.47. The van der Waals surface area contributed by atoms with Gasteiger partial charge >= 0.3 is 0 Å². The molecule has 3 aromatic rings. The highest BCUT2D eigenvalue weighted by atomic mass is 35.5. The molecule has 0 heterocycles. The van der Waals surface area contributed by atoms with Gasteiger partial charge in [-0.15, -0.1) is 0 Å². The standard InChI is InChI=1S/C20H22N.ClH/c1-21(2,15-17-9-4-3-5-10-17)16-19-13-8-12-18-11-6-7-14-20(18)19;/h3-14H,15-16H2,1-2H3;1H/q+1;/p-1. The van der Waals surface area contributed by atoms with E-state index in [1.54, 1.807) is 0 Å². The highest BCUT2D eigenvalue weighted by Gasteiger charge is 2.17. The van der Waals surface area contributed by atoms with Crippen LogP contribution in [0.2, 0.25) is 0 Å². The van der Waals surface area contributed by atoms with E-state index in [0.717, 1.165) is 17.6 Å². The lowest BCUT2D eigenvalue weighted by molar-refractivity contribution is -0.916. The zero-order chi connectivity index (χ0) is 14.7. The van der Waals surface area contributed by atoms with Gasteiger partial charge in [-0.2, -0.15) is 0 Å². The van der Waals surface area contributed by atoms with E-state index in [0.29, 0.717) is 0 Å².